The van der Waals surface area contributed by atoms with E-state index >= 15 is 0 Å². The fourth-order valence-corrected chi connectivity index (χ4v) is 3.39. The molecule has 0 saturated carbocycles. The van der Waals surface area contributed by atoms with Gasteiger partial charge in [0.25, 0.3) is 5.91 Å². The van der Waals surface area contributed by atoms with Gasteiger partial charge in [-0.3, -0.25) is 9.89 Å². The van der Waals surface area contributed by atoms with E-state index in [1.54, 1.807) is 4.68 Å². The van der Waals surface area contributed by atoms with Crippen molar-refractivity contribution in [2.45, 2.75) is 38.8 Å². The third-order valence-corrected chi connectivity index (χ3v) is 4.83. The van der Waals surface area contributed by atoms with Gasteiger partial charge in [-0.1, -0.05) is 5.10 Å². The van der Waals surface area contributed by atoms with Gasteiger partial charge in [-0.15, -0.1) is 0 Å². The second-order valence-corrected chi connectivity index (χ2v) is 6.14. The first-order chi connectivity index (χ1) is 11.7. The first kappa shape index (κ1) is 14.8. The number of nitrogens with zero attached hydrogens (tertiary/aromatic N) is 8. The molecule has 1 fully saturated rings. The highest BCUT2D eigenvalue weighted by Gasteiger charge is 2.35. The minimum atomic E-state index is -0.0605. The molecule has 2 aliphatic heterocycles. The van der Waals surface area contributed by atoms with E-state index in [0.29, 0.717) is 24.6 Å². The third-order valence-electron chi connectivity index (χ3n) is 4.83. The minimum Gasteiger partial charge on any atom is -0.329 e. The quantitative estimate of drug-likeness (QED) is 0.842. The maximum Gasteiger partial charge on any atom is 0.254 e. The average molecular weight is 329 g/mol. The molecular weight excluding hydrogens is 310 g/mol. The predicted octanol–water partition coefficient (Wildman–Crippen LogP) is 0.269. The molecule has 1 saturated heterocycles. The van der Waals surface area contributed by atoms with Crippen molar-refractivity contribution in [3.8, 4) is 0 Å². The standard InChI is InChI=1S/C14H19N9O/c1-9-10(7-23-14(21(9)2)18-19-20-23)13(24)22-6-4-3-5-11(22)12-15-8-16-17-12/h8,11H,3-7H2,1-2H3,(H,15,16,17)/t11-/m0/s1. The molecule has 0 spiro atoms. The molecule has 126 valence electrons. The van der Waals surface area contributed by atoms with Gasteiger partial charge in [0.15, 0.2) is 0 Å². The summed E-state index contributed by atoms with van der Waals surface area (Å²) in [4.78, 5) is 21.2. The van der Waals surface area contributed by atoms with Crippen molar-refractivity contribution in [3.63, 3.8) is 0 Å². The Bertz CT molecular complexity index is 778. The van der Waals surface area contributed by atoms with Gasteiger partial charge in [-0.25, -0.2) is 9.67 Å². The Labute approximate surface area is 138 Å². The van der Waals surface area contributed by atoms with E-state index in [-0.39, 0.29) is 11.9 Å². The van der Waals surface area contributed by atoms with E-state index in [4.69, 9.17) is 0 Å². The summed E-state index contributed by atoms with van der Waals surface area (Å²) < 4.78 is 1.65. The summed E-state index contributed by atoms with van der Waals surface area (Å²) >= 11 is 0. The van der Waals surface area contributed by atoms with E-state index in [0.717, 1.165) is 30.8 Å². The van der Waals surface area contributed by atoms with E-state index in [2.05, 4.69) is 30.7 Å². The number of H-pyrrole nitrogens is 1. The molecule has 2 aromatic rings. The molecule has 10 nitrogen and oxygen atoms in total. The molecule has 0 bridgehead atoms. The molecular formula is C14H19N9O. The molecule has 0 aliphatic carbocycles. The predicted molar refractivity (Wildman–Crippen MR) is 83.6 cm³/mol. The summed E-state index contributed by atoms with van der Waals surface area (Å²) in [5, 5.41) is 18.5. The van der Waals surface area contributed by atoms with Gasteiger partial charge < -0.3 is 9.80 Å². The maximum atomic E-state index is 13.2. The molecule has 4 rings (SSSR count). The number of anilines is 1. The second kappa shape index (κ2) is 5.69. The SMILES string of the molecule is CC1=C(C(=O)N2CCCC[C@H]2c2ncn[nH]2)Cn2nnnc2N1C. The topological polar surface area (TPSA) is 109 Å². The molecule has 2 aromatic heterocycles. The summed E-state index contributed by atoms with van der Waals surface area (Å²) in [6.07, 6.45) is 4.44. The lowest BCUT2D eigenvalue weighted by Gasteiger charge is -2.36. The van der Waals surface area contributed by atoms with Crippen molar-refractivity contribution in [2.75, 3.05) is 18.5 Å². The number of rotatable bonds is 2. The van der Waals surface area contributed by atoms with Crippen LogP contribution in [0.4, 0.5) is 5.95 Å². The van der Waals surface area contributed by atoms with E-state index in [1.165, 1.54) is 6.33 Å². The van der Waals surface area contributed by atoms with Gasteiger partial charge in [0.05, 0.1) is 18.2 Å². The number of carbonyl (C=O) groups excluding carboxylic acids is 1. The Hall–Kier alpha value is -2.78. The smallest absolute Gasteiger partial charge is 0.254 e. The van der Waals surface area contributed by atoms with Gasteiger partial charge >= 0.3 is 0 Å². The van der Waals surface area contributed by atoms with Crippen LogP contribution in [-0.2, 0) is 11.3 Å². The van der Waals surface area contributed by atoms with Crippen LogP contribution in [0.2, 0.25) is 0 Å². The number of fused-ring (bicyclic) bond motifs is 1. The molecule has 1 amide bonds. The van der Waals surface area contributed by atoms with Crippen LogP contribution in [0.15, 0.2) is 17.6 Å². The summed E-state index contributed by atoms with van der Waals surface area (Å²) in [6, 6.07) is -0.0605. The average Bonchev–Trinajstić information content (AvgIpc) is 3.29. The first-order valence-corrected chi connectivity index (χ1v) is 8.02. The number of piperidine rings is 1. The van der Waals surface area contributed by atoms with E-state index < -0.39 is 0 Å². The number of amides is 1. The van der Waals surface area contributed by atoms with Crippen molar-refractivity contribution in [2.24, 2.45) is 0 Å². The highest BCUT2D eigenvalue weighted by atomic mass is 16.2. The number of aromatic amines is 1. The number of hydrogen-bond donors (Lipinski definition) is 1. The summed E-state index contributed by atoms with van der Waals surface area (Å²) in [5.41, 5.74) is 1.59. The van der Waals surface area contributed by atoms with Crippen molar-refractivity contribution >= 4 is 11.9 Å². The highest BCUT2D eigenvalue weighted by molar-refractivity contribution is 5.95. The van der Waals surface area contributed by atoms with Gasteiger partial charge in [0.1, 0.15) is 12.2 Å². The number of allylic oxidation sites excluding steroid dienone is 1. The van der Waals surface area contributed by atoms with Crippen LogP contribution in [0.25, 0.3) is 0 Å². The molecule has 24 heavy (non-hydrogen) atoms. The zero-order chi connectivity index (χ0) is 16.7. The Morgan fingerprint density at radius 2 is 2.25 bits per heavy atom. The molecule has 1 N–H and O–H groups in total. The zero-order valence-corrected chi connectivity index (χ0v) is 13.7. The van der Waals surface area contributed by atoms with Crippen molar-refractivity contribution in [3.05, 3.63) is 23.4 Å². The van der Waals surface area contributed by atoms with Gasteiger partial charge in [0, 0.05) is 19.3 Å². The number of likely N-dealkylation sites (tertiary alicyclic amines) is 1. The number of carbonyl (C=O) groups is 1. The Morgan fingerprint density at radius 1 is 1.38 bits per heavy atom. The Balaban J connectivity index is 1.66. The number of aromatic nitrogens is 7. The van der Waals surface area contributed by atoms with Crippen molar-refractivity contribution < 1.29 is 4.79 Å². The third kappa shape index (κ3) is 2.25. The number of hydrogen-bond acceptors (Lipinski definition) is 7. The molecule has 2 aliphatic rings. The monoisotopic (exact) mass is 329 g/mol. The Kier molecular flexibility index (Phi) is 3.51. The second-order valence-electron chi connectivity index (χ2n) is 6.14. The molecule has 0 radical (unpaired) electrons. The molecule has 0 unspecified atom stereocenters. The van der Waals surface area contributed by atoms with Gasteiger partial charge in [-0.2, -0.15) is 5.10 Å². The van der Waals surface area contributed by atoms with Crippen LogP contribution in [0, 0.1) is 0 Å². The van der Waals surface area contributed by atoms with Crippen molar-refractivity contribution in [1.29, 1.82) is 0 Å². The van der Waals surface area contributed by atoms with E-state index in [1.807, 2.05) is 23.8 Å². The van der Waals surface area contributed by atoms with Crippen LogP contribution in [0.3, 0.4) is 0 Å². The summed E-state index contributed by atoms with van der Waals surface area (Å²) in [5.74, 6) is 1.41. The normalized spacial score (nSPS) is 21.2. The lowest BCUT2D eigenvalue weighted by atomic mass is 9.99. The number of nitrogens with one attached hydrogen (secondary N) is 1. The largest absolute Gasteiger partial charge is 0.329 e. The van der Waals surface area contributed by atoms with Gasteiger partial charge in [0.2, 0.25) is 5.95 Å². The number of tetrazole rings is 1. The lowest BCUT2D eigenvalue weighted by molar-refractivity contribution is -0.131. The minimum absolute atomic E-state index is 0.0154. The van der Waals surface area contributed by atoms with Crippen LogP contribution in [0.5, 0.6) is 0 Å². The van der Waals surface area contributed by atoms with Crippen LogP contribution >= 0.6 is 0 Å². The zero-order valence-electron chi connectivity index (χ0n) is 13.7. The summed E-state index contributed by atoms with van der Waals surface area (Å²) in [6.45, 7) is 3.03. The molecule has 4 heterocycles. The van der Waals surface area contributed by atoms with Crippen LogP contribution in [0.1, 0.15) is 38.1 Å². The fraction of sp³-hybridized carbons (Fsp3) is 0.571. The molecule has 0 aromatic carbocycles. The highest BCUT2D eigenvalue weighted by Crippen LogP contribution is 2.32. The fourth-order valence-electron chi connectivity index (χ4n) is 3.39. The molecule has 10 heteroatoms. The van der Waals surface area contributed by atoms with Crippen molar-refractivity contribution in [1.82, 2.24) is 40.3 Å². The summed E-state index contributed by atoms with van der Waals surface area (Å²) in [7, 11) is 1.87. The molecule has 1 atom stereocenters. The van der Waals surface area contributed by atoms with E-state index in [9.17, 15) is 4.79 Å². The van der Waals surface area contributed by atoms with Crippen LogP contribution in [-0.4, -0.2) is 59.8 Å². The maximum absolute atomic E-state index is 13.2. The first-order valence-electron chi connectivity index (χ1n) is 8.02. The van der Waals surface area contributed by atoms with Crippen LogP contribution < -0.4 is 4.90 Å². The van der Waals surface area contributed by atoms with Gasteiger partial charge in [-0.05, 0) is 36.6 Å². The lowest BCUT2D eigenvalue weighted by Crippen LogP contribution is -2.42. The Morgan fingerprint density at radius 3 is 3.04 bits per heavy atom.